The quantitative estimate of drug-likeness (QED) is 0.788. The normalized spacial score (nSPS) is 27.9. The van der Waals surface area contributed by atoms with Gasteiger partial charge in [-0.3, -0.25) is 0 Å². The molecule has 0 aromatic heterocycles. The molecule has 1 heterocycles. The molecule has 2 nitrogen and oxygen atoms in total. The summed E-state index contributed by atoms with van der Waals surface area (Å²) in [6, 6.07) is 18.7. The highest BCUT2D eigenvalue weighted by atomic mass is 16.3. The Morgan fingerprint density at radius 2 is 1.60 bits per heavy atom. The van der Waals surface area contributed by atoms with E-state index in [1.165, 1.54) is 5.56 Å². The second-order valence-corrected chi connectivity index (χ2v) is 6.43. The fourth-order valence-electron chi connectivity index (χ4n) is 3.39. The Labute approximate surface area is 120 Å². The van der Waals surface area contributed by atoms with Gasteiger partial charge < -0.3 is 9.59 Å². The van der Waals surface area contributed by atoms with Crippen LogP contribution in [0.3, 0.4) is 0 Å². The number of fused-ring (bicyclic) bond motifs is 1. The third-order valence-corrected chi connectivity index (χ3v) is 4.79. The molecule has 2 atom stereocenters. The second kappa shape index (κ2) is 4.44. The van der Waals surface area contributed by atoms with E-state index in [0.717, 1.165) is 15.6 Å². The van der Waals surface area contributed by atoms with Crippen LogP contribution in [0, 0.1) is 0 Å². The highest BCUT2D eigenvalue weighted by Crippen LogP contribution is 2.44. The fraction of sp³-hybridized carbons (Fsp3) is 0.333. The van der Waals surface area contributed by atoms with Gasteiger partial charge in [0.1, 0.15) is 12.6 Å². The highest BCUT2D eigenvalue weighted by molar-refractivity contribution is 5.43. The predicted molar refractivity (Wildman–Crippen MR) is 81.3 cm³/mol. The number of benzene rings is 2. The molecule has 1 aliphatic rings. The van der Waals surface area contributed by atoms with Crippen molar-refractivity contribution in [1.29, 1.82) is 0 Å². The second-order valence-electron chi connectivity index (χ2n) is 6.43. The molecule has 1 aliphatic heterocycles. The van der Waals surface area contributed by atoms with Crippen molar-refractivity contribution in [2.45, 2.75) is 18.6 Å². The molecule has 1 N–H and O–H groups in total. The Hall–Kier alpha value is -1.64. The lowest BCUT2D eigenvalue weighted by atomic mass is 9.77. The Balaban J connectivity index is 2.24. The number of hydrogen-bond acceptors (Lipinski definition) is 1. The summed E-state index contributed by atoms with van der Waals surface area (Å²) in [6.45, 7) is 2.93. The molecule has 2 heteroatoms. The maximum absolute atomic E-state index is 11.4. The van der Waals surface area contributed by atoms with Crippen molar-refractivity contribution in [3.8, 4) is 0 Å². The maximum atomic E-state index is 11.4. The maximum Gasteiger partial charge on any atom is 0.164 e. The Morgan fingerprint density at radius 1 is 1.00 bits per heavy atom. The van der Waals surface area contributed by atoms with Gasteiger partial charge in [-0.1, -0.05) is 54.6 Å². The van der Waals surface area contributed by atoms with E-state index in [9.17, 15) is 5.11 Å². The largest absolute Gasteiger partial charge is 0.375 e. The zero-order chi connectivity index (χ0) is 14.4. The summed E-state index contributed by atoms with van der Waals surface area (Å²) in [7, 11) is 4.38. The van der Waals surface area contributed by atoms with Crippen molar-refractivity contribution >= 4 is 0 Å². The molecule has 0 amide bonds. The summed E-state index contributed by atoms with van der Waals surface area (Å²) in [4.78, 5) is 0. The monoisotopic (exact) mass is 268 g/mol. The fourth-order valence-corrected chi connectivity index (χ4v) is 3.39. The first kappa shape index (κ1) is 13.3. The van der Waals surface area contributed by atoms with E-state index >= 15 is 0 Å². The van der Waals surface area contributed by atoms with Crippen LogP contribution in [0.1, 0.15) is 29.7 Å². The van der Waals surface area contributed by atoms with Crippen LogP contribution >= 0.6 is 0 Å². The van der Waals surface area contributed by atoms with Crippen molar-refractivity contribution in [3.05, 3.63) is 71.3 Å². The minimum Gasteiger partial charge on any atom is -0.375 e. The lowest BCUT2D eigenvalue weighted by Crippen LogP contribution is -2.56. The molecular formula is C18H22NO+. The van der Waals surface area contributed by atoms with E-state index in [4.69, 9.17) is 0 Å². The molecular weight excluding hydrogens is 246 g/mol. The number of hydrogen-bond donors (Lipinski definition) is 1. The molecule has 2 aromatic carbocycles. The number of nitrogens with zero attached hydrogens (tertiary/aromatic N) is 1. The van der Waals surface area contributed by atoms with Gasteiger partial charge >= 0.3 is 0 Å². The predicted octanol–water partition coefficient (Wildman–Crippen LogP) is 3.07. The summed E-state index contributed by atoms with van der Waals surface area (Å²) in [5.41, 5.74) is 2.37. The average molecular weight is 268 g/mol. The highest BCUT2D eigenvalue weighted by Gasteiger charge is 2.47. The van der Waals surface area contributed by atoms with E-state index in [0.29, 0.717) is 12.6 Å². The molecule has 3 rings (SSSR count). The van der Waals surface area contributed by atoms with Gasteiger partial charge in [0.15, 0.2) is 5.60 Å². The van der Waals surface area contributed by atoms with E-state index in [-0.39, 0.29) is 0 Å². The molecule has 20 heavy (non-hydrogen) atoms. The van der Waals surface area contributed by atoms with Crippen molar-refractivity contribution in [2.75, 3.05) is 20.6 Å². The van der Waals surface area contributed by atoms with Gasteiger partial charge in [0.05, 0.1) is 14.1 Å². The van der Waals surface area contributed by atoms with Crippen LogP contribution in [0.25, 0.3) is 0 Å². The molecule has 0 radical (unpaired) electrons. The molecule has 0 fully saturated rings. The topological polar surface area (TPSA) is 20.2 Å². The van der Waals surface area contributed by atoms with Crippen molar-refractivity contribution in [3.63, 3.8) is 0 Å². The van der Waals surface area contributed by atoms with Gasteiger partial charge in [0, 0.05) is 11.1 Å². The van der Waals surface area contributed by atoms with Gasteiger partial charge in [-0.15, -0.1) is 0 Å². The van der Waals surface area contributed by atoms with Crippen LogP contribution in [0.2, 0.25) is 0 Å². The molecule has 0 spiro atoms. The first-order chi connectivity index (χ1) is 9.45. The first-order valence-corrected chi connectivity index (χ1v) is 7.15. The van der Waals surface area contributed by atoms with Gasteiger partial charge in [0.2, 0.25) is 0 Å². The Morgan fingerprint density at radius 3 is 2.30 bits per heavy atom. The van der Waals surface area contributed by atoms with Crippen LogP contribution < -0.4 is 0 Å². The van der Waals surface area contributed by atoms with E-state index < -0.39 is 5.60 Å². The SMILES string of the molecule is C[C@@H]1c2ccccc2[C@](O)(c2ccccc2)C[N+]1(C)C. The third kappa shape index (κ3) is 1.88. The van der Waals surface area contributed by atoms with Crippen molar-refractivity contribution in [2.24, 2.45) is 0 Å². The number of rotatable bonds is 1. The van der Waals surface area contributed by atoms with Crippen LogP contribution in [-0.2, 0) is 5.60 Å². The standard InChI is InChI=1S/C18H22NO/c1-14-16-11-7-8-12-17(16)18(20,13-19(14,2)3)15-9-5-4-6-10-15/h4-12,14,20H,13H2,1-3H3/q+1/t14-,18-/m1/s1. The van der Waals surface area contributed by atoms with E-state index in [1.807, 2.05) is 36.4 Å². The average Bonchev–Trinajstić information content (AvgIpc) is 2.46. The minimum atomic E-state index is -0.909. The van der Waals surface area contributed by atoms with Crippen LogP contribution in [0.4, 0.5) is 0 Å². The van der Waals surface area contributed by atoms with Crippen LogP contribution in [-0.4, -0.2) is 30.2 Å². The van der Waals surface area contributed by atoms with Crippen LogP contribution in [0.5, 0.6) is 0 Å². The Bertz CT molecular complexity index is 620. The van der Waals surface area contributed by atoms with Gasteiger partial charge in [-0.05, 0) is 12.5 Å². The van der Waals surface area contributed by atoms with Gasteiger partial charge in [-0.25, -0.2) is 0 Å². The smallest absolute Gasteiger partial charge is 0.164 e. The molecule has 0 saturated carbocycles. The zero-order valence-corrected chi connectivity index (χ0v) is 12.4. The molecule has 0 saturated heterocycles. The lowest BCUT2D eigenvalue weighted by molar-refractivity contribution is -0.928. The molecule has 2 aromatic rings. The first-order valence-electron chi connectivity index (χ1n) is 7.15. The molecule has 0 bridgehead atoms. The summed E-state index contributed by atoms with van der Waals surface area (Å²) >= 11 is 0. The Kier molecular flexibility index (Phi) is 2.96. The number of quaternary nitrogens is 1. The summed E-state index contributed by atoms with van der Waals surface area (Å²) in [6.07, 6.45) is 0. The molecule has 0 aliphatic carbocycles. The van der Waals surface area contributed by atoms with Gasteiger partial charge in [-0.2, -0.15) is 0 Å². The zero-order valence-electron chi connectivity index (χ0n) is 12.4. The molecule has 0 unspecified atom stereocenters. The van der Waals surface area contributed by atoms with Gasteiger partial charge in [0.25, 0.3) is 0 Å². The number of aliphatic hydroxyl groups is 1. The molecule has 104 valence electrons. The lowest BCUT2D eigenvalue weighted by Gasteiger charge is -2.48. The summed E-state index contributed by atoms with van der Waals surface area (Å²) in [5.74, 6) is 0. The van der Waals surface area contributed by atoms with Crippen molar-refractivity contribution in [1.82, 2.24) is 0 Å². The minimum absolute atomic E-state index is 0.384. The van der Waals surface area contributed by atoms with Crippen molar-refractivity contribution < 1.29 is 9.59 Å². The summed E-state index contributed by atoms with van der Waals surface area (Å²) < 4.78 is 0.780. The van der Waals surface area contributed by atoms with E-state index in [2.05, 4.69) is 39.2 Å². The van der Waals surface area contributed by atoms with E-state index in [1.54, 1.807) is 0 Å². The van der Waals surface area contributed by atoms with Crippen LogP contribution in [0.15, 0.2) is 54.6 Å². The third-order valence-electron chi connectivity index (χ3n) is 4.79. The summed E-state index contributed by atoms with van der Waals surface area (Å²) in [5, 5.41) is 11.4. The number of likely N-dealkylation sites (N-methyl/N-ethyl adjacent to an activating group) is 1.